The van der Waals surface area contributed by atoms with E-state index >= 15 is 0 Å². The molecule has 0 saturated heterocycles. The SMILES string of the molecule is COc1cccc(Nc2ncccc2C(=O)Nc2cccc(C)c2)c1. The van der Waals surface area contributed by atoms with Crippen LogP contribution < -0.4 is 15.4 Å². The van der Waals surface area contributed by atoms with Gasteiger partial charge in [-0.3, -0.25) is 4.79 Å². The van der Waals surface area contributed by atoms with Gasteiger partial charge in [-0.25, -0.2) is 4.98 Å². The number of nitrogens with one attached hydrogen (secondary N) is 2. The Morgan fingerprint density at radius 1 is 1.00 bits per heavy atom. The molecule has 0 radical (unpaired) electrons. The number of hydrogen-bond acceptors (Lipinski definition) is 4. The summed E-state index contributed by atoms with van der Waals surface area (Å²) < 4.78 is 5.22. The van der Waals surface area contributed by atoms with Crippen molar-refractivity contribution < 1.29 is 9.53 Å². The van der Waals surface area contributed by atoms with Gasteiger partial charge in [0.2, 0.25) is 0 Å². The summed E-state index contributed by atoms with van der Waals surface area (Å²) in [5.41, 5.74) is 3.09. The average molecular weight is 333 g/mol. The van der Waals surface area contributed by atoms with Crippen LogP contribution in [0.25, 0.3) is 0 Å². The van der Waals surface area contributed by atoms with E-state index in [1.165, 1.54) is 0 Å². The molecule has 0 bridgehead atoms. The Bertz CT molecular complexity index is 893. The third kappa shape index (κ3) is 4.14. The molecule has 126 valence electrons. The van der Waals surface area contributed by atoms with Crippen LogP contribution >= 0.6 is 0 Å². The minimum Gasteiger partial charge on any atom is -0.497 e. The van der Waals surface area contributed by atoms with Crippen LogP contribution in [0.4, 0.5) is 17.2 Å². The van der Waals surface area contributed by atoms with Gasteiger partial charge in [0.15, 0.2) is 0 Å². The highest BCUT2D eigenvalue weighted by Crippen LogP contribution is 2.23. The van der Waals surface area contributed by atoms with E-state index < -0.39 is 0 Å². The summed E-state index contributed by atoms with van der Waals surface area (Å²) in [5.74, 6) is 0.997. The first-order chi connectivity index (χ1) is 12.2. The van der Waals surface area contributed by atoms with E-state index in [2.05, 4.69) is 15.6 Å². The summed E-state index contributed by atoms with van der Waals surface area (Å²) in [7, 11) is 1.61. The number of aromatic nitrogens is 1. The van der Waals surface area contributed by atoms with Crippen LogP contribution in [-0.2, 0) is 0 Å². The lowest BCUT2D eigenvalue weighted by molar-refractivity contribution is 0.102. The highest BCUT2D eigenvalue weighted by atomic mass is 16.5. The van der Waals surface area contributed by atoms with E-state index in [4.69, 9.17) is 4.74 Å². The molecule has 2 N–H and O–H groups in total. The molecule has 0 spiro atoms. The van der Waals surface area contributed by atoms with E-state index in [0.717, 1.165) is 22.7 Å². The van der Waals surface area contributed by atoms with Gasteiger partial charge in [0.25, 0.3) is 5.91 Å². The Kier molecular flexibility index (Phi) is 4.95. The van der Waals surface area contributed by atoms with Gasteiger partial charge >= 0.3 is 0 Å². The number of benzene rings is 2. The number of amides is 1. The summed E-state index contributed by atoms with van der Waals surface area (Å²) in [6, 6.07) is 18.6. The van der Waals surface area contributed by atoms with Crippen molar-refractivity contribution >= 4 is 23.1 Å². The Labute approximate surface area is 146 Å². The van der Waals surface area contributed by atoms with Gasteiger partial charge in [0, 0.05) is 23.6 Å². The first-order valence-corrected chi connectivity index (χ1v) is 7.90. The maximum Gasteiger partial charge on any atom is 0.259 e. The average Bonchev–Trinajstić information content (AvgIpc) is 2.62. The number of rotatable bonds is 5. The number of nitrogens with zero attached hydrogens (tertiary/aromatic N) is 1. The molecule has 5 heteroatoms. The molecule has 1 heterocycles. The van der Waals surface area contributed by atoms with Crippen LogP contribution in [0, 0.1) is 6.92 Å². The predicted octanol–water partition coefficient (Wildman–Crippen LogP) is 4.39. The van der Waals surface area contributed by atoms with Gasteiger partial charge in [-0.15, -0.1) is 0 Å². The highest BCUT2D eigenvalue weighted by Gasteiger charge is 2.13. The molecular weight excluding hydrogens is 314 g/mol. The number of pyridine rings is 1. The molecule has 0 aliphatic carbocycles. The molecule has 3 aromatic rings. The molecule has 0 aliphatic heterocycles. The smallest absolute Gasteiger partial charge is 0.259 e. The van der Waals surface area contributed by atoms with Crippen molar-refractivity contribution in [2.24, 2.45) is 0 Å². The van der Waals surface area contributed by atoms with Crippen molar-refractivity contribution in [1.82, 2.24) is 4.98 Å². The van der Waals surface area contributed by atoms with Crippen LogP contribution in [0.2, 0.25) is 0 Å². The maximum atomic E-state index is 12.6. The van der Waals surface area contributed by atoms with Gasteiger partial charge in [0.05, 0.1) is 12.7 Å². The Hall–Kier alpha value is -3.34. The number of carbonyl (C=O) groups excluding carboxylic acids is 1. The van der Waals surface area contributed by atoms with Crippen molar-refractivity contribution in [2.75, 3.05) is 17.7 Å². The minimum atomic E-state index is -0.218. The maximum absolute atomic E-state index is 12.6. The van der Waals surface area contributed by atoms with Gasteiger partial charge in [-0.2, -0.15) is 0 Å². The van der Waals surface area contributed by atoms with E-state index in [1.54, 1.807) is 25.4 Å². The molecular formula is C20H19N3O2. The monoisotopic (exact) mass is 333 g/mol. The molecule has 0 unspecified atom stereocenters. The van der Waals surface area contributed by atoms with Gasteiger partial charge in [-0.1, -0.05) is 18.2 Å². The second-order valence-corrected chi connectivity index (χ2v) is 5.58. The number of hydrogen-bond donors (Lipinski definition) is 2. The van der Waals surface area contributed by atoms with Crippen LogP contribution in [0.15, 0.2) is 66.9 Å². The molecule has 0 fully saturated rings. The standard InChI is InChI=1S/C20H19N3O2/c1-14-6-3-7-15(12-14)23-20(24)18-10-5-11-21-19(18)22-16-8-4-9-17(13-16)25-2/h3-13H,1-2H3,(H,21,22)(H,23,24). The topological polar surface area (TPSA) is 63.2 Å². The Balaban J connectivity index is 1.83. The first-order valence-electron chi connectivity index (χ1n) is 7.90. The lowest BCUT2D eigenvalue weighted by Crippen LogP contribution is -2.14. The summed E-state index contributed by atoms with van der Waals surface area (Å²) in [6.07, 6.45) is 1.64. The normalized spacial score (nSPS) is 10.2. The lowest BCUT2D eigenvalue weighted by Gasteiger charge is -2.12. The number of carbonyl (C=O) groups is 1. The zero-order valence-corrected chi connectivity index (χ0v) is 14.1. The van der Waals surface area contributed by atoms with Crippen molar-refractivity contribution in [2.45, 2.75) is 6.92 Å². The van der Waals surface area contributed by atoms with E-state index in [1.807, 2.05) is 55.5 Å². The fraction of sp³-hybridized carbons (Fsp3) is 0.100. The first kappa shape index (κ1) is 16.5. The van der Waals surface area contributed by atoms with E-state index in [-0.39, 0.29) is 5.91 Å². The third-order valence-electron chi connectivity index (χ3n) is 3.66. The third-order valence-corrected chi connectivity index (χ3v) is 3.66. The zero-order chi connectivity index (χ0) is 17.6. The van der Waals surface area contributed by atoms with E-state index in [0.29, 0.717) is 11.4 Å². The number of ether oxygens (including phenoxy) is 1. The highest BCUT2D eigenvalue weighted by molar-refractivity contribution is 6.07. The molecule has 0 saturated carbocycles. The Morgan fingerprint density at radius 3 is 2.60 bits per heavy atom. The second-order valence-electron chi connectivity index (χ2n) is 5.58. The molecule has 5 nitrogen and oxygen atoms in total. The second kappa shape index (κ2) is 7.49. The van der Waals surface area contributed by atoms with Gasteiger partial charge < -0.3 is 15.4 Å². The van der Waals surface area contributed by atoms with Crippen LogP contribution in [0.1, 0.15) is 15.9 Å². The number of methoxy groups -OCH3 is 1. The summed E-state index contributed by atoms with van der Waals surface area (Å²) in [6.45, 7) is 1.98. The van der Waals surface area contributed by atoms with Crippen LogP contribution in [0.3, 0.4) is 0 Å². The fourth-order valence-electron chi connectivity index (χ4n) is 2.45. The molecule has 3 rings (SSSR count). The Morgan fingerprint density at radius 2 is 1.80 bits per heavy atom. The molecule has 0 atom stereocenters. The van der Waals surface area contributed by atoms with Gasteiger partial charge in [0.1, 0.15) is 11.6 Å². The summed E-state index contributed by atoms with van der Waals surface area (Å²) in [4.78, 5) is 16.9. The van der Waals surface area contributed by atoms with Crippen molar-refractivity contribution in [1.29, 1.82) is 0 Å². The molecule has 0 aliphatic rings. The quantitative estimate of drug-likeness (QED) is 0.727. The predicted molar refractivity (Wildman–Crippen MR) is 99.6 cm³/mol. The molecule has 1 amide bonds. The van der Waals surface area contributed by atoms with Crippen molar-refractivity contribution in [3.05, 3.63) is 78.0 Å². The van der Waals surface area contributed by atoms with Crippen LogP contribution in [-0.4, -0.2) is 18.0 Å². The van der Waals surface area contributed by atoms with Crippen molar-refractivity contribution in [3.8, 4) is 5.75 Å². The van der Waals surface area contributed by atoms with Gasteiger partial charge in [-0.05, 0) is 48.9 Å². The zero-order valence-electron chi connectivity index (χ0n) is 14.1. The lowest BCUT2D eigenvalue weighted by atomic mass is 10.2. The molecule has 1 aromatic heterocycles. The molecule has 2 aromatic carbocycles. The number of aryl methyl sites for hydroxylation is 1. The van der Waals surface area contributed by atoms with Crippen molar-refractivity contribution in [3.63, 3.8) is 0 Å². The minimum absolute atomic E-state index is 0.218. The fourth-order valence-corrected chi connectivity index (χ4v) is 2.45. The largest absolute Gasteiger partial charge is 0.497 e. The summed E-state index contributed by atoms with van der Waals surface area (Å²) >= 11 is 0. The van der Waals surface area contributed by atoms with Crippen LogP contribution in [0.5, 0.6) is 5.75 Å². The summed E-state index contributed by atoms with van der Waals surface area (Å²) in [5, 5.41) is 6.08. The van der Waals surface area contributed by atoms with E-state index in [9.17, 15) is 4.79 Å². The number of anilines is 3. The molecule has 25 heavy (non-hydrogen) atoms.